The van der Waals surface area contributed by atoms with E-state index in [9.17, 15) is 9.59 Å². The number of primary amides is 1. The smallest absolute Gasteiger partial charge is 0.309 e. The fourth-order valence-corrected chi connectivity index (χ4v) is 3.67. The number of hydrogen-bond acceptors (Lipinski definition) is 5. The zero-order chi connectivity index (χ0) is 15.5. The van der Waals surface area contributed by atoms with E-state index in [1.54, 1.807) is 11.3 Å². The third-order valence-corrected chi connectivity index (χ3v) is 5.04. The summed E-state index contributed by atoms with van der Waals surface area (Å²) >= 11 is 1.71. The Morgan fingerprint density at radius 2 is 2.05 bits per heavy atom. The van der Waals surface area contributed by atoms with Gasteiger partial charge in [-0.1, -0.05) is 23.5 Å². The summed E-state index contributed by atoms with van der Waals surface area (Å²) in [6, 6.07) is 8.14. The highest BCUT2D eigenvalue weighted by Gasteiger charge is 2.22. The van der Waals surface area contributed by atoms with E-state index in [0.29, 0.717) is 12.5 Å². The lowest BCUT2D eigenvalue weighted by Gasteiger charge is -2.31. The monoisotopic (exact) mass is 318 g/mol. The quantitative estimate of drug-likeness (QED) is 0.830. The number of amides is 2. The lowest BCUT2D eigenvalue weighted by atomic mass is 9.97. The van der Waals surface area contributed by atoms with Crippen LogP contribution in [0.25, 0.3) is 10.2 Å². The van der Waals surface area contributed by atoms with E-state index < -0.39 is 11.8 Å². The number of nitrogens with one attached hydrogen (secondary N) is 1. The Balaban J connectivity index is 1.55. The maximum atomic E-state index is 11.2. The molecule has 0 saturated carbocycles. The van der Waals surface area contributed by atoms with Crippen molar-refractivity contribution in [2.24, 2.45) is 11.7 Å². The van der Waals surface area contributed by atoms with Crippen LogP contribution >= 0.6 is 11.3 Å². The fourth-order valence-electron chi connectivity index (χ4n) is 2.65. The zero-order valence-corrected chi connectivity index (χ0v) is 12.9. The molecule has 7 heteroatoms. The summed E-state index contributed by atoms with van der Waals surface area (Å²) in [5.41, 5.74) is 5.96. The molecule has 1 saturated heterocycles. The number of fused-ring (bicyclic) bond motifs is 1. The van der Waals surface area contributed by atoms with Crippen LogP contribution in [-0.2, 0) is 9.59 Å². The predicted octanol–water partition coefficient (Wildman–Crippen LogP) is 1.11. The second-order valence-corrected chi connectivity index (χ2v) is 6.48. The Bertz CT molecular complexity index is 659. The van der Waals surface area contributed by atoms with E-state index in [-0.39, 0.29) is 0 Å². The van der Waals surface area contributed by atoms with Crippen molar-refractivity contribution < 1.29 is 9.59 Å². The summed E-state index contributed by atoms with van der Waals surface area (Å²) in [5.74, 6) is -1.24. The minimum Gasteiger partial charge on any atom is -0.361 e. The van der Waals surface area contributed by atoms with Gasteiger partial charge in [0, 0.05) is 19.6 Å². The molecule has 0 radical (unpaired) electrons. The molecule has 0 unspecified atom stereocenters. The van der Waals surface area contributed by atoms with Crippen molar-refractivity contribution in [3.63, 3.8) is 0 Å². The van der Waals surface area contributed by atoms with Crippen LogP contribution in [0.5, 0.6) is 0 Å². The van der Waals surface area contributed by atoms with Gasteiger partial charge < -0.3 is 16.0 Å². The molecule has 1 aliphatic rings. The number of anilines is 1. The molecule has 2 aromatic rings. The summed E-state index contributed by atoms with van der Waals surface area (Å²) in [4.78, 5) is 28.8. The summed E-state index contributed by atoms with van der Waals surface area (Å²) < 4.78 is 1.20. The third kappa shape index (κ3) is 3.19. The van der Waals surface area contributed by atoms with E-state index in [0.717, 1.165) is 36.6 Å². The van der Waals surface area contributed by atoms with Gasteiger partial charge in [0.2, 0.25) is 0 Å². The van der Waals surface area contributed by atoms with E-state index >= 15 is 0 Å². The molecule has 1 fully saturated rings. The molecule has 0 aliphatic carbocycles. The van der Waals surface area contributed by atoms with Gasteiger partial charge in [-0.25, -0.2) is 4.98 Å². The molecule has 0 atom stereocenters. The van der Waals surface area contributed by atoms with Crippen LogP contribution in [0.1, 0.15) is 12.8 Å². The van der Waals surface area contributed by atoms with Crippen molar-refractivity contribution in [3.8, 4) is 0 Å². The van der Waals surface area contributed by atoms with Crippen LogP contribution in [0.4, 0.5) is 5.13 Å². The van der Waals surface area contributed by atoms with Gasteiger partial charge in [0.1, 0.15) is 0 Å². The molecule has 2 amide bonds. The zero-order valence-electron chi connectivity index (χ0n) is 12.1. The highest BCUT2D eigenvalue weighted by Crippen LogP contribution is 2.31. The molecule has 116 valence electrons. The molecular formula is C15H18N4O2S. The van der Waals surface area contributed by atoms with Gasteiger partial charge in [-0.3, -0.25) is 9.59 Å². The molecule has 3 N–H and O–H groups in total. The van der Waals surface area contributed by atoms with Crippen molar-refractivity contribution in [1.29, 1.82) is 0 Å². The predicted molar refractivity (Wildman–Crippen MR) is 86.8 cm³/mol. The molecule has 0 bridgehead atoms. The fraction of sp³-hybridized carbons (Fsp3) is 0.400. The van der Waals surface area contributed by atoms with Crippen molar-refractivity contribution in [2.75, 3.05) is 24.5 Å². The Hall–Kier alpha value is -2.15. The second kappa shape index (κ2) is 6.31. The van der Waals surface area contributed by atoms with Crippen LogP contribution in [0.3, 0.4) is 0 Å². The van der Waals surface area contributed by atoms with Crippen molar-refractivity contribution in [2.45, 2.75) is 12.8 Å². The maximum absolute atomic E-state index is 11.2. The lowest BCUT2D eigenvalue weighted by molar-refractivity contribution is -0.137. The van der Waals surface area contributed by atoms with Crippen LogP contribution in [0, 0.1) is 5.92 Å². The van der Waals surface area contributed by atoms with Crippen LogP contribution in [0.2, 0.25) is 0 Å². The lowest BCUT2D eigenvalue weighted by Crippen LogP contribution is -2.42. The van der Waals surface area contributed by atoms with Gasteiger partial charge in [-0.2, -0.15) is 0 Å². The van der Waals surface area contributed by atoms with Gasteiger partial charge >= 0.3 is 11.8 Å². The maximum Gasteiger partial charge on any atom is 0.309 e. The van der Waals surface area contributed by atoms with E-state index in [4.69, 9.17) is 5.73 Å². The van der Waals surface area contributed by atoms with Gasteiger partial charge in [-0.05, 0) is 30.9 Å². The molecule has 1 aromatic carbocycles. The normalized spacial score (nSPS) is 15.9. The van der Waals surface area contributed by atoms with Crippen molar-refractivity contribution in [3.05, 3.63) is 24.3 Å². The Morgan fingerprint density at radius 1 is 1.32 bits per heavy atom. The minimum absolute atomic E-state index is 0.383. The molecular weight excluding hydrogens is 300 g/mol. The molecule has 1 aliphatic heterocycles. The average molecular weight is 318 g/mol. The number of para-hydroxylation sites is 1. The van der Waals surface area contributed by atoms with E-state index in [1.165, 1.54) is 4.70 Å². The highest BCUT2D eigenvalue weighted by molar-refractivity contribution is 7.22. The van der Waals surface area contributed by atoms with Gasteiger partial charge in [0.15, 0.2) is 5.13 Å². The number of hydrogen-bond donors (Lipinski definition) is 2. The van der Waals surface area contributed by atoms with Crippen LogP contribution < -0.4 is 16.0 Å². The molecule has 2 heterocycles. The molecule has 1 aromatic heterocycles. The Kier molecular flexibility index (Phi) is 4.24. The first-order valence-corrected chi connectivity index (χ1v) is 8.13. The minimum atomic E-state index is -0.924. The summed E-state index contributed by atoms with van der Waals surface area (Å²) in [7, 11) is 0. The highest BCUT2D eigenvalue weighted by atomic mass is 32.1. The van der Waals surface area contributed by atoms with E-state index in [1.807, 2.05) is 18.2 Å². The van der Waals surface area contributed by atoms with E-state index in [2.05, 4.69) is 21.3 Å². The summed E-state index contributed by atoms with van der Waals surface area (Å²) in [5, 5.41) is 3.64. The Labute approximate surface area is 132 Å². The number of nitrogens with two attached hydrogens (primary N) is 1. The summed E-state index contributed by atoms with van der Waals surface area (Å²) in [6.07, 6.45) is 1.93. The standard InChI is InChI=1S/C15H18N4O2S/c16-13(20)14(21)17-9-10-5-7-19(8-6-10)15-18-11-3-1-2-4-12(11)22-15/h1-4,10H,5-9H2,(H2,16,20)(H,17,21). The number of carbonyl (C=O) groups is 2. The number of piperidine rings is 1. The first-order valence-electron chi connectivity index (χ1n) is 7.31. The molecule has 22 heavy (non-hydrogen) atoms. The SMILES string of the molecule is NC(=O)C(=O)NCC1CCN(c2nc3ccccc3s2)CC1. The largest absolute Gasteiger partial charge is 0.361 e. The number of nitrogens with zero attached hydrogens (tertiary/aromatic N) is 2. The van der Waals surface area contributed by atoms with Gasteiger partial charge in [0.05, 0.1) is 10.2 Å². The first-order chi connectivity index (χ1) is 10.6. The second-order valence-electron chi connectivity index (χ2n) is 5.47. The molecule has 3 rings (SSSR count). The molecule has 6 nitrogen and oxygen atoms in total. The average Bonchev–Trinajstić information content (AvgIpc) is 2.97. The van der Waals surface area contributed by atoms with Crippen molar-refractivity contribution >= 4 is 38.5 Å². The number of carbonyl (C=O) groups excluding carboxylic acids is 2. The number of rotatable bonds is 3. The third-order valence-electron chi connectivity index (χ3n) is 3.94. The van der Waals surface area contributed by atoms with Crippen LogP contribution in [-0.4, -0.2) is 36.4 Å². The van der Waals surface area contributed by atoms with Gasteiger partial charge in [-0.15, -0.1) is 0 Å². The van der Waals surface area contributed by atoms with Crippen molar-refractivity contribution in [1.82, 2.24) is 10.3 Å². The topological polar surface area (TPSA) is 88.3 Å². The molecule has 0 spiro atoms. The number of aromatic nitrogens is 1. The van der Waals surface area contributed by atoms with Gasteiger partial charge in [0.25, 0.3) is 0 Å². The number of thiazole rings is 1. The van der Waals surface area contributed by atoms with Crippen LogP contribution in [0.15, 0.2) is 24.3 Å². The first kappa shape index (κ1) is 14.8. The Morgan fingerprint density at radius 3 is 2.73 bits per heavy atom. The summed E-state index contributed by atoms with van der Waals surface area (Å²) in [6.45, 7) is 2.34. The number of benzene rings is 1.